The molecule has 0 radical (unpaired) electrons. The number of pyridine rings is 1. The van der Waals surface area contributed by atoms with Crippen molar-refractivity contribution in [2.75, 3.05) is 6.54 Å². The third-order valence-electron chi connectivity index (χ3n) is 3.62. The van der Waals surface area contributed by atoms with E-state index in [1.165, 1.54) is 6.07 Å². The first-order valence-electron chi connectivity index (χ1n) is 8.53. The smallest absolute Gasteiger partial charge is 0.191 e. The predicted molar refractivity (Wildman–Crippen MR) is 98.4 cm³/mol. The third kappa shape index (κ3) is 6.06. The Kier molecular flexibility index (Phi) is 7.19. The Balaban J connectivity index is 2.04. The van der Waals surface area contributed by atoms with Crippen molar-refractivity contribution in [2.45, 2.75) is 39.8 Å². The molecule has 1 aromatic heterocycles. The molecule has 0 bridgehead atoms. The van der Waals surface area contributed by atoms with Crippen molar-refractivity contribution < 1.29 is 9.13 Å². The van der Waals surface area contributed by atoms with Crippen LogP contribution in [0.5, 0.6) is 11.5 Å². The van der Waals surface area contributed by atoms with Crippen LogP contribution in [0, 0.1) is 5.82 Å². The minimum atomic E-state index is -0.420. The Morgan fingerprint density at radius 3 is 2.80 bits per heavy atom. The lowest BCUT2D eigenvalue weighted by atomic mass is 10.2. The van der Waals surface area contributed by atoms with Crippen LogP contribution in [0.15, 0.2) is 47.7 Å². The van der Waals surface area contributed by atoms with Crippen molar-refractivity contribution in [3.8, 4) is 11.5 Å². The van der Waals surface area contributed by atoms with E-state index in [9.17, 15) is 4.39 Å². The standard InChI is InChI=1S/C19H25FN4O/c1-4-14(3)24-19(22-5-2)23-12-15-8-9-18(17(20)11-15)25-16-7-6-10-21-13-16/h6-11,13-14H,4-5,12H2,1-3H3,(H2,22,23,24). The van der Waals surface area contributed by atoms with Gasteiger partial charge in [0.2, 0.25) is 0 Å². The number of benzene rings is 1. The fraction of sp³-hybridized carbons (Fsp3) is 0.368. The van der Waals surface area contributed by atoms with Gasteiger partial charge in [0.1, 0.15) is 5.75 Å². The fourth-order valence-electron chi connectivity index (χ4n) is 2.09. The highest BCUT2D eigenvalue weighted by atomic mass is 19.1. The maximum Gasteiger partial charge on any atom is 0.191 e. The summed E-state index contributed by atoms with van der Waals surface area (Å²) < 4.78 is 19.7. The largest absolute Gasteiger partial charge is 0.453 e. The maximum atomic E-state index is 14.2. The summed E-state index contributed by atoms with van der Waals surface area (Å²) in [7, 11) is 0. The number of nitrogens with one attached hydrogen (secondary N) is 2. The van der Waals surface area contributed by atoms with E-state index in [0.717, 1.165) is 24.5 Å². The summed E-state index contributed by atoms with van der Waals surface area (Å²) in [5.74, 6) is 0.981. The Morgan fingerprint density at radius 2 is 2.16 bits per heavy atom. The highest BCUT2D eigenvalue weighted by Gasteiger charge is 2.07. The molecule has 1 atom stereocenters. The van der Waals surface area contributed by atoms with Crippen LogP contribution in [0.25, 0.3) is 0 Å². The second-order valence-corrected chi connectivity index (χ2v) is 5.70. The van der Waals surface area contributed by atoms with Crippen LogP contribution >= 0.6 is 0 Å². The number of nitrogens with zero attached hydrogens (tertiary/aromatic N) is 2. The summed E-state index contributed by atoms with van der Waals surface area (Å²) in [5.41, 5.74) is 0.775. The minimum absolute atomic E-state index is 0.172. The van der Waals surface area contributed by atoms with E-state index in [4.69, 9.17) is 4.74 Å². The van der Waals surface area contributed by atoms with Crippen LogP contribution in [0.1, 0.15) is 32.8 Å². The molecule has 0 saturated heterocycles. The van der Waals surface area contributed by atoms with Gasteiger partial charge < -0.3 is 15.4 Å². The molecule has 2 rings (SSSR count). The summed E-state index contributed by atoms with van der Waals surface area (Å²) in [5, 5.41) is 6.50. The third-order valence-corrected chi connectivity index (χ3v) is 3.62. The summed E-state index contributed by atoms with van der Waals surface area (Å²) in [6.07, 6.45) is 4.18. The number of aromatic nitrogens is 1. The van der Waals surface area contributed by atoms with Gasteiger partial charge >= 0.3 is 0 Å². The first-order valence-corrected chi connectivity index (χ1v) is 8.53. The number of hydrogen-bond acceptors (Lipinski definition) is 3. The van der Waals surface area contributed by atoms with Crippen molar-refractivity contribution in [1.29, 1.82) is 0 Å². The van der Waals surface area contributed by atoms with Gasteiger partial charge in [0.15, 0.2) is 17.5 Å². The molecule has 1 aromatic carbocycles. The fourth-order valence-corrected chi connectivity index (χ4v) is 2.09. The predicted octanol–water partition coefficient (Wildman–Crippen LogP) is 3.87. The molecule has 0 spiro atoms. The molecule has 2 aromatic rings. The SMILES string of the molecule is CCNC(=NCc1ccc(Oc2cccnc2)c(F)c1)NC(C)CC. The molecule has 0 aliphatic rings. The molecular formula is C19H25FN4O. The molecule has 0 aliphatic carbocycles. The summed E-state index contributed by atoms with van der Waals surface area (Å²) in [6, 6.07) is 8.66. The van der Waals surface area contributed by atoms with Gasteiger partial charge in [-0.2, -0.15) is 0 Å². The normalized spacial score (nSPS) is 12.6. The van der Waals surface area contributed by atoms with Crippen LogP contribution < -0.4 is 15.4 Å². The Morgan fingerprint density at radius 1 is 1.32 bits per heavy atom. The van der Waals surface area contributed by atoms with E-state index >= 15 is 0 Å². The summed E-state index contributed by atoms with van der Waals surface area (Å²) in [4.78, 5) is 8.45. The number of hydrogen-bond donors (Lipinski definition) is 2. The Hall–Kier alpha value is -2.63. The number of halogens is 1. The molecule has 25 heavy (non-hydrogen) atoms. The minimum Gasteiger partial charge on any atom is -0.453 e. The summed E-state index contributed by atoms with van der Waals surface area (Å²) >= 11 is 0. The highest BCUT2D eigenvalue weighted by Crippen LogP contribution is 2.24. The van der Waals surface area contributed by atoms with Crippen LogP contribution in [0.3, 0.4) is 0 Å². The molecule has 5 nitrogen and oxygen atoms in total. The first kappa shape index (κ1) is 18.7. The lowest BCUT2D eigenvalue weighted by molar-refractivity contribution is 0.440. The van der Waals surface area contributed by atoms with Crippen LogP contribution in [-0.2, 0) is 6.54 Å². The topological polar surface area (TPSA) is 58.5 Å². The Labute approximate surface area is 148 Å². The molecular weight excluding hydrogens is 319 g/mol. The molecule has 1 unspecified atom stereocenters. The quantitative estimate of drug-likeness (QED) is 0.591. The van der Waals surface area contributed by atoms with E-state index in [1.807, 2.05) is 13.0 Å². The van der Waals surface area contributed by atoms with E-state index in [-0.39, 0.29) is 5.75 Å². The van der Waals surface area contributed by atoms with Crippen molar-refractivity contribution in [3.05, 3.63) is 54.1 Å². The van der Waals surface area contributed by atoms with Gasteiger partial charge in [-0.3, -0.25) is 4.98 Å². The zero-order valence-corrected chi connectivity index (χ0v) is 14.9. The second kappa shape index (κ2) is 9.61. The van der Waals surface area contributed by atoms with Gasteiger partial charge in [-0.05, 0) is 50.1 Å². The molecule has 0 amide bonds. The van der Waals surface area contributed by atoms with Crippen molar-refractivity contribution in [2.24, 2.45) is 4.99 Å². The lowest BCUT2D eigenvalue weighted by Gasteiger charge is -2.16. The molecule has 134 valence electrons. The highest BCUT2D eigenvalue weighted by molar-refractivity contribution is 5.80. The van der Waals surface area contributed by atoms with Gasteiger partial charge in [0.05, 0.1) is 12.7 Å². The molecule has 2 N–H and O–H groups in total. The molecule has 0 fully saturated rings. The van der Waals surface area contributed by atoms with Crippen LogP contribution in [0.4, 0.5) is 4.39 Å². The molecule has 0 saturated carbocycles. The summed E-state index contributed by atoms with van der Waals surface area (Å²) in [6.45, 7) is 7.37. The maximum absolute atomic E-state index is 14.2. The Bertz CT molecular complexity index is 691. The van der Waals surface area contributed by atoms with Gasteiger partial charge in [0.25, 0.3) is 0 Å². The van der Waals surface area contributed by atoms with E-state index in [2.05, 4.69) is 34.5 Å². The van der Waals surface area contributed by atoms with E-state index < -0.39 is 5.82 Å². The first-order chi connectivity index (χ1) is 12.1. The number of guanidine groups is 1. The average molecular weight is 344 g/mol. The van der Waals surface area contributed by atoms with E-state index in [0.29, 0.717) is 18.3 Å². The van der Waals surface area contributed by atoms with Gasteiger partial charge in [-0.1, -0.05) is 13.0 Å². The van der Waals surface area contributed by atoms with E-state index in [1.54, 1.807) is 30.6 Å². The van der Waals surface area contributed by atoms with Crippen molar-refractivity contribution in [1.82, 2.24) is 15.6 Å². The van der Waals surface area contributed by atoms with Gasteiger partial charge in [0, 0.05) is 18.8 Å². The van der Waals surface area contributed by atoms with Gasteiger partial charge in [-0.15, -0.1) is 0 Å². The second-order valence-electron chi connectivity index (χ2n) is 5.70. The average Bonchev–Trinajstić information content (AvgIpc) is 2.62. The monoisotopic (exact) mass is 344 g/mol. The number of rotatable bonds is 7. The van der Waals surface area contributed by atoms with Crippen LogP contribution in [-0.4, -0.2) is 23.5 Å². The van der Waals surface area contributed by atoms with Crippen molar-refractivity contribution >= 4 is 5.96 Å². The number of aliphatic imine (C=N–C) groups is 1. The number of ether oxygens (including phenoxy) is 1. The molecule has 0 aliphatic heterocycles. The molecule has 6 heteroatoms. The zero-order chi connectivity index (χ0) is 18.1. The van der Waals surface area contributed by atoms with Crippen molar-refractivity contribution in [3.63, 3.8) is 0 Å². The lowest BCUT2D eigenvalue weighted by Crippen LogP contribution is -2.41. The zero-order valence-electron chi connectivity index (χ0n) is 14.9. The van der Waals surface area contributed by atoms with Gasteiger partial charge in [-0.25, -0.2) is 9.38 Å². The molecule has 1 heterocycles. The van der Waals surface area contributed by atoms with Crippen LogP contribution in [0.2, 0.25) is 0 Å².